The van der Waals surface area contributed by atoms with E-state index in [0.29, 0.717) is 22.0 Å². The van der Waals surface area contributed by atoms with Crippen LogP contribution in [0.3, 0.4) is 0 Å². The van der Waals surface area contributed by atoms with E-state index in [4.69, 9.17) is 17.3 Å². The molecule has 84 valence electrons. The van der Waals surface area contributed by atoms with Crippen LogP contribution in [-0.2, 0) is 4.74 Å². The van der Waals surface area contributed by atoms with E-state index in [1.165, 1.54) is 6.07 Å². The van der Waals surface area contributed by atoms with Gasteiger partial charge < -0.3 is 10.5 Å². The molecule has 0 spiro atoms. The summed E-state index contributed by atoms with van der Waals surface area (Å²) in [6, 6.07) is 6.41. The van der Waals surface area contributed by atoms with Crippen LogP contribution in [0.2, 0.25) is 5.02 Å². The third kappa shape index (κ3) is 1.24. The zero-order valence-corrected chi connectivity index (χ0v) is 9.25. The molecule has 0 aliphatic carbocycles. The highest BCUT2D eigenvalue weighted by molar-refractivity contribution is 6.36. The molecular weight excluding hydrogens is 242 g/mol. The largest absolute Gasteiger partial charge is 0.397 e. The van der Waals surface area contributed by atoms with Crippen molar-refractivity contribution in [1.29, 1.82) is 0 Å². The maximum Gasteiger partial charge on any atom is 0.346 e. The Morgan fingerprint density at radius 3 is 2.59 bits per heavy atom. The smallest absolute Gasteiger partial charge is 0.346 e. The van der Waals surface area contributed by atoms with E-state index in [9.17, 15) is 9.59 Å². The molecule has 2 aromatic rings. The Morgan fingerprint density at radius 2 is 1.82 bits per heavy atom. The normalized spacial score (nSPS) is 13.9. The van der Waals surface area contributed by atoms with Crippen molar-refractivity contribution in [3.05, 3.63) is 40.4 Å². The van der Waals surface area contributed by atoms with Gasteiger partial charge >= 0.3 is 11.9 Å². The Morgan fingerprint density at radius 1 is 1.12 bits per heavy atom. The molecule has 0 saturated carbocycles. The lowest BCUT2D eigenvalue weighted by atomic mass is 9.96. The van der Waals surface area contributed by atoms with Gasteiger partial charge in [0.05, 0.1) is 21.8 Å². The first kappa shape index (κ1) is 10.1. The summed E-state index contributed by atoms with van der Waals surface area (Å²) in [7, 11) is 0. The number of hydrogen-bond donors (Lipinski definition) is 1. The van der Waals surface area contributed by atoms with Crippen molar-refractivity contribution in [3.8, 4) is 0 Å². The summed E-state index contributed by atoms with van der Waals surface area (Å²) in [4.78, 5) is 23.2. The monoisotopic (exact) mass is 247 g/mol. The number of halogens is 1. The molecular formula is C12H6ClNO3. The molecule has 0 unspecified atom stereocenters. The van der Waals surface area contributed by atoms with Gasteiger partial charge in [0.15, 0.2) is 0 Å². The van der Waals surface area contributed by atoms with Crippen molar-refractivity contribution in [1.82, 2.24) is 0 Å². The SMILES string of the molecule is Nc1c(Cl)cc2c3c(cccc13)C(=O)OC2=O. The second-order valence-corrected chi connectivity index (χ2v) is 4.13. The lowest BCUT2D eigenvalue weighted by Crippen LogP contribution is -2.19. The van der Waals surface area contributed by atoms with Crippen molar-refractivity contribution in [3.63, 3.8) is 0 Å². The summed E-state index contributed by atoms with van der Waals surface area (Å²) in [6.45, 7) is 0. The van der Waals surface area contributed by atoms with Gasteiger partial charge in [-0.25, -0.2) is 9.59 Å². The number of cyclic esters (lactones) is 2. The Labute approximate surface area is 101 Å². The third-order valence-corrected chi connectivity index (χ3v) is 3.09. The first-order chi connectivity index (χ1) is 8.09. The molecule has 1 aliphatic rings. The molecule has 5 heteroatoms. The molecule has 1 aliphatic heterocycles. The fourth-order valence-corrected chi connectivity index (χ4v) is 2.21. The van der Waals surface area contributed by atoms with Crippen LogP contribution in [0.25, 0.3) is 10.8 Å². The molecule has 0 radical (unpaired) electrons. The van der Waals surface area contributed by atoms with Crippen molar-refractivity contribution in [2.45, 2.75) is 0 Å². The van der Waals surface area contributed by atoms with E-state index < -0.39 is 11.9 Å². The van der Waals surface area contributed by atoms with Crippen LogP contribution in [0.4, 0.5) is 5.69 Å². The van der Waals surface area contributed by atoms with E-state index in [1.54, 1.807) is 18.2 Å². The van der Waals surface area contributed by atoms with Crippen LogP contribution in [0.5, 0.6) is 0 Å². The van der Waals surface area contributed by atoms with Gasteiger partial charge in [-0.2, -0.15) is 0 Å². The highest BCUT2D eigenvalue weighted by atomic mass is 35.5. The maximum atomic E-state index is 11.6. The van der Waals surface area contributed by atoms with Gasteiger partial charge in [-0.1, -0.05) is 23.7 Å². The number of carbonyl (C=O) groups excluding carboxylic acids is 2. The van der Waals surface area contributed by atoms with Gasteiger partial charge in [0.2, 0.25) is 0 Å². The molecule has 1 heterocycles. The minimum Gasteiger partial charge on any atom is -0.397 e. The maximum absolute atomic E-state index is 11.6. The van der Waals surface area contributed by atoms with Crippen LogP contribution in [0, 0.1) is 0 Å². The van der Waals surface area contributed by atoms with Crippen LogP contribution in [0.15, 0.2) is 24.3 Å². The van der Waals surface area contributed by atoms with Crippen LogP contribution < -0.4 is 5.73 Å². The number of hydrogen-bond acceptors (Lipinski definition) is 4. The molecule has 2 aromatic carbocycles. The lowest BCUT2D eigenvalue weighted by molar-refractivity contribution is 0.0391. The number of benzene rings is 2. The molecule has 0 aromatic heterocycles. The predicted octanol–water partition coefficient (Wildman–Crippen LogP) is 2.39. The van der Waals surface area contributed by atoms with E-state index in [2.05, 4.69) is 4.74 Å². The Balaban J connectivity index is 2.59. The molecule has 17 heavy (non-hydrogen) atoms. The zero-order chi connectivity index (χ0) is 12.2. The van der Waals surface area contributed by atoms with E-state index in [1.807, 2.05) is 0 Å². The zero-order valence-electron chi connectivity index (χ0n) is 8.49. The summed E-state index contributed by atoms with van der Waals surface area (Å²) in [5.74, 6) is -1.35. The highest BCUT2D eigenvalue weighted by Gasteiger charge is 2.28. The molecule has 0 bridgehead atoms. The van der Waals surface area contributed by atoms with Gasteiger partial charge in [0.1, 0.15) is 0 Å². The van der Waals surface area contributed by atoms with Gasteiger partial charge in [-0.05, 0) is 12.1 Å². The number of carbonyl (C=O) groups is 2. The molecule has 0 fully saturated rings. The van der Waals surface area contributed by atoms with Crippen LogP contribution >= 0.6 is 11.6 Å². The van der Waals surface area contributed by atoms with E-state index >= 15 is 0 Å². The van der Waals surface area contributed by atoms with Gasteiger partial charge in [0, 0.05) is 10.8 Å². The summed E-state index contributed by atoms with van der Waals surface area (Å²) in [5.41, 5.74) is 6.79. The predicted molar refractivity (Wildman–Crippen MR) is 63.1 cm³/mol. The first-order valence-corrected chi connectivity index (χ1v) is 5.24. The van der Waals surface area contributed by atoms with E-state index in [0.717, 1.165) is 0 Å². The number of esters is 2. The minimum absolute atomic E-state index is 0.273. The van der Waals surface area contributed by atoms with E-state index in [-0.39, 0.29) is 10.6 Å². The average Bonchev–Trinajstić information content (AvgIpc) is 2.31. The highest BCUT2D eigenvalue weighted by Crippen LogP contribution is 2.36. The first-order valence-electron chi connectivity index (χ1n) is 4.87. The fourth-order valence-electron chi connectivity index (χ4n) is 2.00. The Hall–Kier alpha value is -2.07. The molecule has 0 atom stereocenters. The quantitative estimate of drug-likeness (QED) is 0.441. The second-order valence-electron chi connectivity index (χ2n) is 3.72. The molecule has 4 nitrogen and oxygen atoms in total. The Bertz CT molecular complexity index is 694. The van der Waals surface area contributed by atoms with Crippen molar-refractivity contribution in [2.75, 3.05) is 5.73 Å². The minimum atomic E-state index is -0.694. The second kappa shape index (κ2) is 3.21. The van der Waals surface area contributed by atoms with Crippen LogP contribution in [-0.4, -0.2) is 11.9 Å². The number of ether oxygens (including phenoxy) is 1. The van der Waals surface area contributed by atoms with Gasteiger partial charge in [-0.15, -0.1) is 0 Å². The molecule has 2 N–H and O–H groups in total. The standard InChI is InChI=1S/C12H6ClNO3/c13-8-4-7-9-5(10(8)14)2-1-3-6(9)11(15)17-12(7)16/h1-4H,14H2. The van der Waals surface area contributed by atoms with Crippen molar-refractivity contribution < 1.29 is 14.3 Å². The van der Waals surface area contributed by atoms with Gasteiger partial charge in [-0.3, -0.25) is 0 Å². The number of nitrogen functional groups attached to an aromatic ring is 1. The van der Waals surface area contributed by atoms with Crippen molar-refractivity contribution in [2.24, 2.45) is 0 Å². The number of rotatable bonds is 0. The van der Waals surface area contributed by atoms with Gasteiger partial charge in [0.25, 0.3) is 0 Å². The topological polar surface area (TPSA) is 69.4 Å². The number of nitrogens with two attached hydrogens (primary N) is 1. The van der Waals surface area contributed by atoms with Crippen molar-refractivity contribution >= 4 is 40.0 Å². The summed E-state index contributed by atoms with van der Waals surface area (Å²) in [6.07, 6.45) is 0. The average molecular weight is 248 g/mol. The summed E-state index contributed by atoms with van der Waals surface area (Å²) >= 11 is 5.93. The third-order valence-electron chi connectivity index (χ3n) is 2.78. The number of anilines is 1. The van der Waals surface area contributed by atoms with Crippen LogP contribution in [0.1, 0.15) is 20.7 Å². The molecule has 0 amide bonds. The summed E-state index contributed by atoms with van der Waals surface area (Å²) in [5, 5.41) is 1.38. The lowest BCUT2D eigenvalue weighted by Gasteiger charge is -2.16. The molecule has 3 rings (SSSR count). The Kier molecular flexibility index (Phi) is 1.91. The fraction of sp³-hybridized carbons (Fsp3) is 0. The summed E-state index contributed by atoms with van der Waals surface area (Å²) < 4.78 is 4.62. The molecule has 0 saturated heterocycles.